The fourth-order valence-electron chi connectivity index (χ4n) is 4.68. The first-order valence-corrected chi connectivity index (χ1v) is 12.3. The number of benzene rings is 2. The van der Waals surface area contributed by atoms with E-state index in [1.165, 1.54) is 5.56 Å². The van der Waals surface area contributed by atoms with E-state index in [2.05, 4.69) is 29.3 Å². The Labute approximate surface area is 208 Å². The van der Waals surface area contributed by atoms with Gasteiger partial charge < -0.3 is 14.8 Å². The number of para-hydroxylation sites is 1. The first-order valence-electron chi connectivity index (χ1n) is 12.3. The van der Waals surface area contributed by atoms with Crippen LogP contribution in [0.4, 0.5) is 0 Å². The molecule has 1 aliphatic heterocycles. The Morgan fingerprint density at radius 3 is 2.69 bits per heavy atom. The number of nitrogens with one attached hydrogen (secondary N) is 1. The van der Waals surface area contributed by atoms with Crippen molar-refractivity contribution in [2.75, 3.05) is 26.8 Å². The number of ether oxygens (including phenoxy) is 2. The summed E-state index contributed by atoms with van der Waals surface area (Å²) in [6, 6.07) is 18.3. The van der Waals surface area contributed by atoms with Crippen LogP contribution < -0.4 is 10.1 Å². The maximum absolute atomic E-state index is 13.0. The van der Waals surface area contributed by atoms with E-state index in [1.807, 2.05) is 54.1 Å². The number of hydrogen-bond donors (Lipinski definition) is 1. The van der Waals surface area contributed by atoms with Crippen molar-refractivity contribution in [3.8, 4) is 5.75 Å². The molecule has 7 heteroatoms. The fourth-order valence-corrected chi connectivity index (χ4v) is 4.68. The molecule has 3 aromatic rings. The van der Waals surface area contributed by atoms with Crippen LogP contribution in [-0.2, 0) is 29.2 Å². The van der Waals surface area contributed by atoms with Gasteiger partial charge in [-0.25, -0.2) is 0 Å². The molecule has 0 radical (unpaired) electrons. The molecule has 4 rings (SSSR count). The fraction of sp³-hybridized carbons (Fsp3) is 0.429. The van der Waals surface area contributed by atoms with Gasteiger partial charge in [-0.05, 0) is 38.3 Å². The maximum atomic E-state index is 13.0. The third kappa shape index (κ3) is 6.71. The Bertz CT molecular complexity index is 1110. The lowest BCUT2D eigenvalue weighted by molar-refractivity contribution is -0.122. The second-order valence-corrected chi connectivity index (χ2v) is 9.19. The minimum absolute atomic E-state index is 0.00694. The van der Waals surface area contributed by atoms with Crippen LogP contribution >= 0.6 is 0 Å². The molecule has 1 atom stereocenters. The van der Waals surface area contributed by atoms with E-state index in [4.69, 9.17) is 14.6 Å². The van der Waals surface area contributed by atoms with Crippen molar-refractivity contribution in [3.05, 3.63) is 82.7 Å². The summed E-state index contributed by atoms with van der Waals surface area (Å²) in [5.74, 6) is 0.829. The smallest absolute Gasteiger partial charge is 0.234 e. The Morgan fingerprint density at radius 1 is 1.17 bits per heavy atom. The summed E-state index contributed by atoms with van der Waals surface area (Å²) in [6.07, 6.45) is 2.27. The largest absolute Gasteiger partial charge is 0.496 e. The zero-order chi connectivity index (χ0) is 24.6. The molecule has 1 amide bonds. The molecule has 1 N–H and O–H groups in total. The first kappa shape index (κ1) is 24.9. The highest BCUT2D eigenvalue weighted by Gasteiger charge is 2.22. The van der Waals surface area contributed by atoms with Crippen molar-refractivity contribution in [3.63, 3.8) is 0 Å². The van der Waals surface area contributed by atoms with Gasteiger partial charge >= 0.3 is 0 Å². The van der Waals surface area contributed by atoms with E-state index >= 15 is 0 Å². The number of rotatable bonds is 11. The molecule has 35 heavy (non-hydrogen) atoms. The van der Waals surface area contributed by atoms with Crippen LogP contribution in [0.5, 0.6) is 5.75 Å². The third-order valence-corrected chi connectivity index (χ3v) is 6.61. The molecule has 0 saturated carbocycles. The summed E-state index contributed by atoms with van der Waals surface area (Å²) >= 11 is 0. The Balaban J connectivity index is 1.39. The first-order chi connectivity index (χ1) is 17.0. The molecule has 1 unspecified atom stereocenters. The lowest BCUT2D eigenvalue weighted by Crippen LogP contribution is -2.40. The molecule has 2 aromatic carbocycles. The molecule has 0 bridgehead atoms. The van der Waals surface area contributed by atoms with Crippen LogP contribution in [-0.4, -0.2) is 53.5 Å². The number of nitrogens with zero attached hydrogens (tertiary/aromatic N) is 3. The average molecular weight is 477 g/mol. The van der Waals surface area contributed by atoms with Crippen LogP contribution in [0, 0.1) is 13.8 Å². The summed E-state index contributed by atoms with van der Waals surface area (Å²) in [5, 5.41) is 7.83. The zero-order valence-corrected chi connectivity index (χ0v) is 21.0. The summed E-state index contributed by atoms with van der Waals surface area (Å²) in [7, 11) is 1.68. The molecule has 1 aliphatic rings. The van der Waals surface area contributed by atoms with Gasteiger partial charge in [0.25, 0.3) is 0 Å². The van der Waals surface area contributed by atoms with E-state index in [0.717, 1.165) is 60.8 Å². The predicted molar refractivity (Wildman–Crippen MR) is 136 cm³/mol. The molecule has 1 saturated heterocycles. The van der Waals surface area contributed by atoms with Crippen molar-refractivity contribution in [1.82, 2.24) is 20.0 Å². The number of amides is 1. The van der Waals surface area contributed by atoms with Crippen LogP contribution in [0.3, 0.4) is 0 Å². The normalized spacial score (nSPS) is 15.5. The summed E-state index contributed by atoms with van der Waals surface area (Å²) in [6.45, 7) is 7.70. The van der Waals surface area contributed by atoms with Crippen LogP contribution in [0.2, 0.25) is 0 Å². The van der Waals surface area contributed by atoms with E-state index in [1.54, 1.807) is 7.11 Å². The maximum Gasteiger partial charge on any atom is 0.234 e. The second kappa shape index (κ2) is 12.0. The van der Waals surface area contributed by atoms with Gasteiger partial charge in [0.1, 0.15) is 5.75 Å². The second-order valence-electron chi connectivity index (χ2n) is 9.19. The molecule has 0 aliphatic carbocycles. The van der Waals surface area contributed by atoms with Gasteiger partial charge in [0.05, 0.1) is 32.0 Å². The van der Waals surface area contributed by atoms with Crippen LogP contribution in [0.25, 0.3) is 0 Å². The minimum Gasteiger partial charge on any atom is -0.496 e. The van der Waals surface area contributed by atoms with Crippen LogP contribution in [0.15, 0.2) is 54.6 Å². The van der Waals surface area contributed by atoms with E-state index in [-0.39, 0.29) is 12.0 Å². The quantitative estimate of drug-likeness (QED) is 0.455. The third-order valence-electron chi connectivity index (χ3n) is 6.61. The summed E-state index contributed by atoms with van der Waals surface area (Å²) in [4.78, 5) is 15.2. The van der Waals surface area contributed by atoms with E-state index < -0.39 is 0 Å². The molecule has 2 heterocycles. The van der Waals surface area contributed by atoms with Gasteiger partial charge in [-0.3, -0.25) is 14.4 Å². The average Bonchev–Trinajstić information content (AvgIpc) is 3.46. The highest BCUT2D eigenvalue weighted by atomic mass is 16.5. The SMILES string of the molecule is COc1ccccc1CN(CC(=O)NCc1c(C)nn(Cc2ccccc2)c1C)CC1CCCO1. The van der Waals surface area contributed by atoms with Crippen molar-refractivity contribution < 1.29 is 14.3 Å². The van der Waals surface area contributed by atoms with Gasteiger partial charge in [0, 0.05) is 43.1 Å². The lowest BCUT2D eigenvalue weighted by Gasteiger charge is -2.25. The summed E-state index contributed by atoms with van der Waals surface area (Å²) < 4.78 is 13.4. The number of aryl methyl sites for hydroxylation is 1. The number of aromatic nitrogens is 2. The monoisotopic (exact) mass is 476 g/mol. The van der Waals surface area contributed by atoms with Gasteiger partial charge in [-0.2, -0.15) is 5.10 Å². The Hall–Kier alpha value is -3.16. The number of carbonyl (C=O) groups excluding carboxylic acids is 1. The van der Waals surface area contributed by atoms with E-state index in [9.17, 15) is 4.79 Å². The van der Waals surface area contributed by atoms with Crippen molar-refractivity contribution in [1.29, 1.82) is 0 Å². The van der Waals surface area contributed by atoms with Gasteiger partial charge in [-0.1, -0.05) is 48.5 Å². The van der Waals surface area contributed by atoms with Gasteiger partial charge in [0.15, 0.2) is 0 Å². The molecule has 1 aromatic heterocycles. The summed E-state index contributed by atoms with van der Waals surface area (Å²) in [5.41, 5.74) is 5.37. The molecule has 186 valence electrons. The molecular formula is C28H36N4O3. The standard InChI is InChI=1S/C28H36N4O3/c1-21-26(22(2)32(30-21)17-23-10-5-4-6-11-23)16-29-28(33)20-31(19-25-13-9-15-35-25)18-24-12-7-8-14-27(24)34-3/h4-8,10-12,14,25H,9,13,15-20H2,1-3H3,(H,29,33). The molecule has 0 spiro atoms. The van der Waals surface area contributed by atoms with Crippen molar-refractivity contribution in [2.45, 2.75) is 52.4 Å². The number of methoxy groups -OCH3 is 1. The minimum atomic E-state index is -0.00694. The highest BCUT2D eigenvalue weighted by molar-refractivity contribution is 5.78. The number of carbonyl (C=O) groups is 1. The van der Waals surface area contributed by atoms with Gasteiger partial charge in [-0.15, -0.1) is 0 Å². The lowest BCUT2D eigenvalue weighted by atomic mass is 10.1. The van der Waals surface area contributed by atoms with Crippen molar-refractivity contribution >= 4 is 5.91 Å². The topological polar surface area (TPSA) is 68.6 Å². The Morgan fingerprint density at radius 2 is 1.94 bits per heavy atom. The molecule has 7 nitrogen and oxygen atoms in total. The molecular weight excluding hydrogens is 440 g/mol. The van der Waals surface area contributed by atoms with Crippen LogP contribution in [0.1, 0.15) is 40.9 Å². The van der Waals surface area contributed by atoms with Crippen molar-refractivity contribution in [2.24, 2.45) is 0 Å². The van der Waals surface area contributed by atoms with E-state index in [0.29, 0.717) is 19.6 Å². The van der Waals surface area contributed by atoms with Gasteiger partial charge in [0.2, 0.25) is 5.91 Å². The zero-order valence-electron chi connectivity index (χ0n) is 21.0. The Kier molecular flexibility index (Phi) is 8.55. The predicted octanol–water partition coefficient (Wildman–Crippen LogP) is 3.85. The molecule has 1 fully saturated rings. The highest BCUT2D eigenvalue weighted by Crippen LogP contribution is 2.21. The number of hydrogen-bond acceptors (Lipinski definition) is 5.